The van der Waals surface area contributed by atoms with Crippen molar-refractivity contribution in [1.82, 2.24) is 40.9 Å². The van der Waals surface area contributed by atoms with Gasteiger partial charge < -0.3 is 56.9 Å². The van der Waals surface area contributed by atoms with Crippen molar-refractivity contribution in [3.63, 3.8) is 0 Å². The van der Waals surface area contributed by atoms with Crippen LogP contribution in [0.3, 0.4) is 0 Å². The molecule has 0 aromatic heterocycles. The summed E-state index contributed by atoms with van der Waals surface area (Å²) in [5, 5.41) is 17.3. The molecule has 0 aliphatic carbocycles. The van der Waals surface area contributed by atoms with E-state index in [0.29, 0.717) is 62.1 Å². The van der Waals surface area contributed by atoms with Gasteiger partial charge in [0.25, 0.3) is 0 Å². The highest BCUT2D eigenvalue weighted by Crippen LogP contribution is 2.30. The first kappa shape index (κ1) is 74.1. The highest BCUT2D eigenvalue weighted by atomic mass is 16.5. The Labute approximate surface area is 537 Å². The van der Waals surface area contributed by atoms with Crippen molar-refractivity contribution < 1.29 is 57.4 Å². The summed E-state index contributed by atoms with van der Waals surface area (Å²) in [5.74, 6) is -6.38. The minimum atomic E-state index is -1.18. The molecule has 3 aromatic rings. The zero-order chi connectivity index (χ0) is 67.2. The zero-order valence-corrected chi connectivity index (χ0v) is 55.6. The number of amides is 10. The number of imide groups is 1. The zero-order valence-electron chi connectivity index (χ0n) is 55.6. The highest BCUT2D eigenvalue weighted by molar-refractivity contribution is 6.06. The van der Waals surface area contributed by atoms with Crippen LogP contribution in [-0.4, -0.2) is 188 Å². The average molecular weight is 1260 g/mol. The molecule has 5 rings (SSSR count). The molecule has 2 fully saturated rings. The van der Waals surface area contributed by atoms with Crippen LogP contribution in [0.4, 0.5) is 11.4 Å². The SMILES string of the molecule is CC[C@H](C)[C@@H]([C@@H](CC(=O)N1CCC[C@H]1[C@H](OC)[C@@H](C)C(=O)N[C@@H](Cc1ccccc1)C(=O)Nc1ccc(NC(=O)[C@H](CCCCN)NC(=O)[C@H](Cc2ccccc2)NC(=O)CN2C(=O)CC(C)C2=O)cc1)OC)N(C)C(=O)[C@@H](NC(=O)C(C(C)C)N(C)C)C(C)C. The lowest BCUT2D eigenvalue weighted by molar-refractivity contribution is -0.148. The Bertz CT molecular complexity index is 2910. The number of anilines is 2. The van der Waals surface area contributed by atoms with Crippen LogP contribution in [0.2, 0.25) is 0 Å². The summed E-state index contributed by atoms with van der Waals surface area (Å²) >= 11 is 0. The van der Waals surface area contributed by atoms with E-state index in [1.165, 1.54) is 14.2 Å². The van der Waals surface area contributed by atoms with E-state index in [0.717, 1.165) is 10.5 Å². The van der Waals surface area contributed by atoms with Crippen molar-refractivity contribution in [2.45, 2.75) is 174 Å². The number of carbonyl (C=O) groups is 10. The van der Waals surface area contributed by atoms with E-state index < -0.39 is 114 Å². The van der Waals surface area contributed by atoms with Crippen molar-refractivity contribution in [2.24, 2.45) is 35.3 Å². The Morgan fingerprint density at radius 2 is 1.22 bits per heavy atom. The average Bonchev–Trinajstić information content (AvgIpc) is 1.86. The predicted octanol–water partition coefficient (Wildman–Crippen LogP) is 4.67. The number of nitrogens with two attached hydrogens (primary N) is 1. The molecule has 91 heavy (non-hydrogen) atoms. The molecule has 8 N–H and O–H groups in total. The number of nitrogens with zero attached hydrogens (tertiary/aromatic N) is 4. The fourth-order valence-electron chi connectivity index (χ4n) is 12.4. The summed E-state index contributed by atoms with van der Waals surface area (Å²) in [6, 6.07) is 18.8. The van der Waals surface area contributed by atoms with Gasteiger partial charge in [-0.25, -0.2) is 0 Å². The second-order valence-electron chi connectivity index (χ2n) is 25.4. The Morgan fingerprint density at radius 3 is 1.70 bits per heavy atom. The van der Waals surface area contributed by atoms with Crippen molar-refractivity contribution in [1.29, 1.82) is 0 Å². The van der Waals surface area contributed by atoms with Gasteiger partial charge in [-0.1, -0.05) is 122 Å². The van der Waals surface area contributed by atoms with E-state index in [2.05, 4.69) is 31.9 Å². The lowest BCUT2D eigenvalue weighted by Crippen LogP contribution is -2.59. The number of methoxy groups -OCH3 is 2. The van der Waals surface area contributed by atoms with Crippen LogP contribution in [0.1, 0.15) is 118 Å². The largest absolute Gasteiger partial charge is 0.379 e. The third-order valence-corrected chi connectivity index (χ3v) is 17.6. The second-order valence-corrected chi connectivity index (χ2v) is 25.4. The Kier molecular flexibility index (Phi) is 29.2. The maximum absolute atomic E-state index is 14.6. The van der Waals surface area contributed by atoms with Gasteiger partial charge in [0.1, 0.15) is 30.7 Å². The van der Waals surface area contributed by atoms with Gasteiger partial charge in [0.05, 0.1) is 42.7 Å². The minimum absolute atomic E-state index is 0.00500. The summed E-state index contributed by atoms with van der Waals surface area (Å²) in [6.07, 6.45) is 1.71. The van der Waals surface area contributed by atoms with Crippen molar-refractivity contribution >= 4 is 70.4 Å². The monoisotopic (exact) mass is 1260 g/mol. The van der Waals surface area contributed by atoms with Crippen LogP contribution in [0.25, 0.3) is 0 Å². The normalized spacial score (nSPS) is 18.3. The summed E-state index contributed by atoms with van der Waals surface area (Å²) in [5.41, 5.74) is 7.98. The predicted molar refractivity (Wildman–Crippen MR) is 348 cm³/mol. The third-order valence-electron chi connectivity index (χ3n) is 17.6. The summed E-state index contributed by atoms with van der Waals surface area (Å²) in [7, 11) is 8.40. The van der Waals surface area contributed by atoms with Crippen LogP contribution in [0.5, 0.6) is 0 Å². The number of ether oxygens (including phenoxy) is 2. The number of hydrogen-bond acceptors (Lipinski definition) is 14. The molecule has 2 aliphatic rings. The Morgan fingerprint density at radius 1 is 0.670 bits per heavy atom. The van der Waals surface area contributed by atoms with Crippen molar-refractivity contribution in [3.05, 3.63) is 96.1 Å². The number of rotatable bonds is 35. The van der Waals surface area contributed by atoms with Gasteiger partial charge >= 0.3 is 0 Å². The molecule has 2 heterocycles. The topological polar surface area (TPSA) is 300 Å². The number of likely N-dealkylation sites (N-methyl/N-ethyl adjacent to an activating group) is 2. The van der Waals surface area contributed by atoms with E-state index in [9.17, 15) is 47.9 Å². The first-order valence-electron chi connectivity index (χ1n) is 32.1. The number of hydrogen-bond donors (Lipinski definition) is 7. The molecule has 3 aromatic carbocycles. The molecule has 10 amide bonds. The standard InChI is InChI=1S/C68H101N11O12/c1-14-43(6)60(77(11)68(89)58(41(2)3)75-66(87)59(42(4)5)76(9)10)54(90-12)39-57(82)78-35-23-29-53(78)61(91-13)45(8)62(83)74-52(38-47-26-19-16-20-27-47)64(85)71-49-32-30-48(31-33-49)70-63(84)50(28-21-22-34-69)73-65(86)51(37-46-24-17-15-18-25-46)72-55(80)40-79-56(81)36-44(7)67(79)88/h15-20,24-27,30-33,41-45,50-54,58-61H,14,21-23,28-29,34-40,69H2,1-13H3,(H,70,84)(H,71,85)(H,72,80)(H,73,86)(H,74,83)(H,75,87)/t43-,44?,45+,50-,51-,52-,53-,54+,58-,59?,60-,61+/m0/s1. The lowest BCUT2D eigenvalue weighted by Gasteiger charge is -2.41. The van der Waals surface area contributed by atoms with Gasteiger partial charge in [0.15, 0.2) is 0 Å². The molecular weight excluding hydrogens is 1160 g/mol. The number of unbranched alkanes of at least 4 members (excludes halogenated alkanes) is 1. The number of likely N-dealkylation sites (tertiary alicyclic amines) is 2. The third kappa shape index (κ3) is 21.0. The van der Waals surface area contributed by atoms with Gasteiger partial charge in [0, 0.05) is 64.4 Å². The van der Waals surface area contributed by atoms with Gasteiger partial charge in [-0.15, -0.1) is 0 Å². The fourth-order valence-corrected chi connectivity index (χ4v) is 12.4. The molecule has 0 spiro atoms. The maximum atomic E-state index is 14.6. The Balaban J connectivity index is 1.27. The summed E-state index contributed by atoms with van der Waals surface area (Å²) < 4.78 is 12.2. The minimum Gasteiger partial charge on any atom is -0.379 e. The Hall–Kier alpha value is -7.60. The molecule has 23 heteroatoms. The molecule has 2 saturated heterocycles. The molecule has 12 atom stereocenters. The van der Waals surface area contributed by atoms with E-state index in [-0.39, 0.29) is 67.6 Å². The molecule has 2 unspecified atom stereocenters. The van der Waals surface area contributed by atoms with Gasteiger partial charge in [-0.3, -0.25) is 57.7 Å². The molecule has 500 valence electrons. The van der Waals surface area contributed by atoms with E-state index >= 15 is 0 Å². The molecule has 0 bridgehead atoms. The number of carbonyl (C=O) groups excluding carboxylic acids is 10. The lowest BCUT2D eigenvalue weighted by atomic mass is 9.89. The van der Waals surface area contributed by atoms with E-state index in [1.54, 1.807) is 79.2 Å². The van der Waals surface area contributed by atoms with Crippen LogP contribution in [0, 0.1) is 29.6 Å². The van der Waals surface area contributed by atoms with Crippen molar-refractivity contribution in [3.8, 4) is 0 Å². The highest BCUT2D eigenvalue weighted by Gasteiger charge is 2.44. The molecule has 23 nitrogen and oxygen atoms in total. The number of nitrogens with one attached hydrogen (secondary N) is 6. The smallest absolute Gasteiger partial charge is 0.247 e. The van der Waals surface area contributed by atoms with Crippen LogP contribution in [0.15, 0.2) is 84.9 Å². The van der Waals surface area contributed by atoms with Gasteiger partial charge in [-0.05, 0) is 106 Å². The fraction of sp³-hybridized carbons (Fsp3) is 0.588. The van der Waals surface area contributed by atoms with E-state index in [4.69, 9.17) is 15.2 Å². The summed E-state index contributed by atoms with van der Waals surface area (Å²) in [4.78, 5) is 144. The first-order valence-corrected chi connectivity index (χ1v) is 32.1. The van der Waals surface area contributed by atoms with Crippen LogP contribution in [-0.2, 0) is 70.3 Å². The molecular formula is C68H101N11O12. The molecule has 0 radical (unpaired) electrons. The van der Waals surface area contributed by atoms with E-state index in [1.807, 2.05) is 96.9 Å². The van der Waals surface area contributed by atoms with Crippen LogP contribution >= 0.6 is 0 Å². The molecule has 0 saturated carbocycles. The van der Waals surface area contributed by atoms with Gasteiger partial charge in [0.2, 0.25) is 59.1 Å². The number of benzene rings is 3. The summed E-state index contributed by atoms with van der Waals surface area (Å²) in [6.45, 7) is 15.2. The quantitative estimate of drug-likeness (QED) is 0.0311. The first-order chi connectivity index (χ1) is 43.2. The van der Waals surface area contributed by atoms with Crippen molar-refractivity contribution in [2.75, 3.05) is 65.6 Å². The molecule has 2 aliphatic heterocycles. The van der Waals surface area contributed by atoms with Gasteiger partial charge in [-0.2, -0.15) is 0 Å². The maximum Gasteiger partial charge on any atom is 0.247 e. The second kappa shape index (κ2) is 35.9. The van der Waals surface area contributed by atoms with Crippen LogP contribution < -0.4 is 37.6 Å².